The molecule has 0 spiro atoms. The molecule has 0 bridgehead atoms. The molecule has 1 atom stereocenters. The third-order valence-corrected chi connectivity index (χ3v) is 7.46. The summed E-state index contributed by atoms with van der Waals surface area (Å²) >= 11 is 0. The van der Waals surface area contributed by atoms with E-state index in [9.17, 15) is 13.7 Å². The van der Waals surface area contributed by atoms with Crippen molar-refractivity contribution in [2.45, 2.75) is 31.2 Å². The van der Waals surface area contributed by atoms with Gasteiger partial charge in [-0.15, -0.1) is 0 Å². The van der Waals surface area contributed by atoms with Gasteiger partial charge < -0.3 is 4.98 Å². The molecule has 164 valence electrons. The van der Waals surface area contributed by atoms with Gasteiger partial charge >= 0.3 is 0 Å². The maximum absolute atomic E-state index is 13.0. The van der Waals surface area contributed by atoms with Gasteiger partial charge in [0, 0.05) is 36.4 Å². The highest BCUT2D eigenvalue weighted by Crippen LogP contribution is 2.29. The molecule has 4 rings (SSSR count). The van der Waals surface area contributed by atoms with Crippen LogP contribution in [0, 0.1) is 11.3 Å². The van der Waals surface area contributed by atoms with Crippen LogP contribution in [0.2, 0.25) is 0 Å². The lowest BCUT2D eigenvalue weighted by Crippen LogP contribution is -2.30. The number of fused-ring (bicyclic) bond motifs is 1. The van der Waals surface area contributed by atoms with Crippen molar-refractivity contribution < 1.29 is 8.42 Å². The Labute approximate surface area is 186 Å². The largest absolute Gasteiger partial charge is 0.346 e. The number of nitrogens with zero attached hydrogens (tertiary/aromatic N) is 6. The Kier molecular flexibility index (Phi) is 6.03. The molecular weight excluding hydrogens is 426 g/mol. The monoisotopic (exact) mass is 449 g/mol. The van der Waals surface area contributed by atoms with Crippen molar-refractivity contribution in [1.29, 1.82) is 5.26 Å². The van der Waals surface area contributed by atoms with Gasteiger partial charge in [0.05, 0.1) is 35.3 Å². The van der Waals surface area contributed by atoms with Crippen LogP contribution < -0.4 is 0 Å². The van der Waals surface area contributed by atoms with Crippen LogP contribution in [-0.2, 0) is 10.0 Å². The minimum atomic E-state index is -3.61. The fourth-order valence-electron chi connectivity index (χ4n) is 3.78. The molecule has 0 amide bonds. The Bertz CT molecular complexity index is 1380. The normalized spacial score (nSPS) is 12.8. The highest BCUT2D eigenvalue weighted by molar-refractivity contribution is 7.89. The number of benzene rings is 1. The molecule has 3 aromatic heterocycles. The number of aromatic amines is 1. The highest BCUT2D eigenvalue weighted by atomic mass is 32.2. The number of hydrogen-bond acceptors (Lipinski definition) is 6. The zero-order chi connectivity index (χ0) is 22.7. The minimum absolute atomic E-state index is 0.138. The van der Waals surface area contributed by atoms with Gasteiger partial charge in [0.15, 0.2) is 0 Å². The summed E-state index contributed by atoms with van der Waals surface area (Å²) in [6.45, 7) is 4.39. The van der Waals surface area contributed by atoms with Crippen LogP contribution in [-0.4, -0.2) is 50.5 Å². The van der Waals surface area contributed by atoms with Gasteiger partial charge in [0.1, 0.15) is 12.0 Å². The number of rotatable bonds is 8. The summed E-state index contributed by atoms with van der Waals surface area (Å²) in [7, 11) is -3.61. The van der Waals surface area contributed by atoms with E-state index in [0.717, 1.165) is 22.3 Å². The van der Waals surface area contributed by atoms with E-state index in [1.807, 2.05) is 32.2 Å². The summed E-state index contributed by atoms with van der Waals surface area (Å²) in [6.07, 6.45) is 6.94. The number of nitriles is 1. The second-order valence-corrected chi connectivity index (χ2v) is 9.15. The minimum Gasteiger partial charge on any atom is -0.346 e. The lowest BCUT2D eigenvalue weighted by Gasteiger charge is -2.20. The Morgan fingerprint density at radius 2 is 2.03 bits per heavy atom. The standard InChI is InChI=1S/C22H23N7O2S/c1-3-28(4-2)32(30,31)18-7-5-6-16(12-18)20(8-10-23)29-14-17(13-27-29)21-19-9-11-24-22(19)26-15-25-21/h5-7,9,11-15,20H,3-4,8H2,1-2H3,(H,24,25,26). The fourth-order valence-corrected chi connectivity index (χ4v) is 5.29. The summed E-state index contributed by atoms with van der Waals surface area (Å²) in [5, 5.41) is 14.8. The summed E-state index contributed by atoms with van der Waals surface area (Å²) < 4.78 is 29.0. The van der Waals surface area contributed by atoms with Gasteiger partial charge in [-0.1, -0.05) is 26.0 Å². The highest BCUT2D eigenvalue weighted by Gasteiger charge is 2.24. The Morgan fingerprint density at radius 3 is 2.78 bits per heavy atom. The van der Waals surface area contributed by atoms with Crippen LogP contribution in [0.3, 0.4) is 0 Å². The third-order valence-electron chi connectivity index (χ3n) is 5.42. The van der Waals surface area contributed by atoms with Gasteiger partial charge in [-0.2, -0.15) is 14.7 Å². The number of H-pyrrole nitrogens is 1. The molecule has 1 aromatic carbocycles. The molecule has 1 N–H and O–H groups in total. The average Bonchev–Trinajstić information content (AvgIpc) is 3.48. The molecule has 0 fully saturated rings. The molecular formula is C22H23N7O2S. The van der Waals surface area contributed by atoms with Crippen molar-refractivity contribution in [1.82, 2.24) is 29.0 Å². The van der Waals surface area contributed by atoms with Crippen molar-refractivity contribution in [3.8, 4) is 17.3 Å². The molecule has 1 unspecified atom stereocenters. The van der Waals surface area contributed by atoms with E-state index in [4.69, 9.17) is 0 Å². The maximum Gasteiger partial charge on any atom is 0.243 e. The van der Waals surface area contributed by atoms with E-state index in [1.165, 1.54) is 10.6 Å². The molecule has 32 heavy (non-hydrogen) atoms. The summed E-state index contributed by atoms with van der Waals surface area (Å²) in [5.74, 6) is 0. The van der Waals surface area contributed by atoms with Crippen LogP contribution in [0.25, 0.3) is 22.3 Å². The van der Waals surface area contributed by atoms with E-state index >= 15 is 0 Å². The second kappa shape index (κ2) is 8.90. The van der Waals surface area contributed by atoms with E-state index in [-0.39, 0.29) is 11.3 Å². The predicted molar refractivity (Wildman–Crippen MR) is 120 cm³/mol. The zero-order valence-electron chi connectivity index (χ0n) is 17.8. The van der Waals surface area contributed by atoms with Gasteiger partial charge in [0.2, 0.25) is 10.0 Å². The number of nitrogens with one attached hydrogen (secondary N) is 1. The maximum atomic E-state index is 13.0. The lowest BCUT2D eigenvalue weighted by molar-refractivity contribution is 0.445. The second-order valence-electron chi connectivity index (χ2n) is 7.21. The number of hydrogen-bond donors (Lipinski definition) is 1. The van der Waals surface area contributed by atoms with Crippen molar-refractivity contribution >= 4 is 21.1 Å². The van der Waals surface area contributed by atoms with Crippen molar-refractivity contribution in [2.75, 3.05) is 13.1 Å². The molecule has 4 aromatic rings. The smallest absolute Gasteiger partial charge is 0.243 e. The molecule has 0 radical (unpaired) electrons. The number of aromatic nitrogens is 5. The van der Waals surface area contributed by atoms with E-state index in [2.05, 4.69) is 26.1 Å². The molecule has 0 aliphatic heterocycles. The topological polar surface area (TPSA) is 121 Å². The van der Waals surface area contributed by atoms with Gasteiger partial charge in [-0.3, -0.25) is 4.68 Å². The molecule has 3 heterocycles. The van der Waals surface area contributed by atoms with Gasteiger partial charge in [0.25, 0.3) is 0 Å². The molecule has 0 saturated carbocycles. The van der Waals surface area contributed by atoms with Crippen LogP contribution in [0.15, 0.2) is 60.1 Å². The summed E-state index contributed by atoms with van der Waals surface area (Å²) in [4.78, 5) is 11.9. The van der Waals surface area contributed by atoms with Gasteiger partial charge in [-0.25, -0.2) is 18.4 Å². The first-order chi connectivity index (χ1) is 15.5. The fraction of sp³-hybridized carbons (Fsp3) is 0.273. The summed E-state index contributed by atoms with van der Waals surface area (Å²) in [6, 6.07) is 10.4. The SMILES string of the molecule is CCN(CC)S(=O)(=O)c1cccc(C(CC#N)n2cc(-c3ncnc4[nH]ccc34)cn2)c1. The van der Waals surface area contributed by atoms with Crippen molar-refractivity contribution in [2.24, 2.45) is 0 Å². The van der Waals surface area contributed by atoms with Gasteiger partial charge in [-0.05, 0) is 23.8 Å². The first-order valence-electron chi connectivity index (χ1n) is 10.3. The molecule has 10 heteroatoms. The first kappa shape index (κ1) is 21.7. The van der Waals surface area contributed by atoms with E-state index in [1.54, 1.807) is 35.3 Å². The molecule has 0 saturated heterocycles. The first-order valence-corrected chi connectivity index (χ1v) is 11.7. The average molecular weight is 450 g/mol. The Balaban J connectivity index is 1.73. The molecule has 0 aliphatic rings. The van der Waals surface area contributed by atoms with Crippen LogP contribution in [0.1, 0.15) is 31.9 Å². The quantitative estimate of drug-likeness (QED) is 0.440. The lowest BCUT2D eigenvalue weighted by atomic mass is 10.0. The molecule has 0 aliphatic carbocycles. The molecule has 9 nitrogen and oxygen atoms in total. The Hall–Kier alpha value is -3.55. The van der Waals surface area contributed by atoms with E-state index in [0.29, 0.717) is 18.7 Å². The van der Waals surface area contributed by atoms with Crippen LogP contribution in [0.5, 0.6) is 0 Å². The van der Waals surface area contributed by atoms with E-state index < -0.39 is 16.1 Å². The zero-order valence-corrected chi connectivity index (χ0v) is 18.6. The predicted octanol–water partition coefficient (Wildman–Crippen LogP) is 3.35. The van der Waals surface area contributed by atoms with Crippen LogP contribution in [0.4, 0.5) is 0 Å². The van der Waals surface area contributed by atoms with Crippen molar-refractivity contribution in [3.05, 3.63) is 60.8 Å². The summed E-state index contributed by atoms with van der Waals surface area (Å²) in [5.41, 5.74) is 2.94. The number of sulfonamides is 1. The van der Waals surface area contributed by atoms with Crippen molar-refractivity contribution in [3.63, 3.8) is 0 Å². The third kappa shape index (κ3) is 3.88. The Morgan fingerprint density at radius 1 is 1.22 bits per heavy atom. The van der Waals surface area contributed by atoms with Crippen LogP contribution >= 0.6 is 0 Å².